The van der Waals surface area contributed by atoms with Crippen LogP contribution in [0.15, 0.2) is 24.3 Å². The number of nitrogens with one attached hydrogen (secondary N) is 3. The van der Waals surface area contributed by atoms with E-state index < -0.39 is 110 Å². The molecule has 22 nitrogen and oxygen atoms in total. The molecule has 0 spiro atoms. The molecule has 368 valence electrons. The van der Waals surface area contributed by atoms with Crippen LogP contribution in [0.25, 0.3) is 0 Å². The van der Waals surface area contributed by atoms with Crippen molar-refractivity contribution < 1.29 is 93.7 Å². The van der Waals surface area contributed by atoms with Crippen LogP contribution >= 0.6 is 23.5 Å². The Balaban J connectivity index is 1.32. The molecule has 0 radical (unpaired) electrons. The van der Waals surface area contributed by atoms with Crippen molar-refractivity contribution in [3.63, 3.8) is 0 Å². The number of carboxylic acids is 1. The average Bonchev–Trinajstić information content (AvgIpc) is 3.28. The van der Waals surface area contributed by atoms with Crippen molar-refractivity contribution in [1.29, 1.82) is 0 Å². The summed E-state index contributed by atoms with van der Waals surface area (Å²) in [6.07, 6.45) is -12.1. The summed E-state index contributed by atoms with van der Waals surface area (Å²) in [5.41, 5.74) is 0.801. The van der Waals surface area contributed by atoms with Gasteiger partial charge in [-0.25, -0.2) is 4.79 Å². The van der Waals surface area contributed by atoms with Gasteiger partial charge >= 0.3 is 5.97 Å². The summed E-state index contributed by atoms with van der Waals surface area (Å²) in [5, 5.41) is 98.5. The summed E-state index contributed by atoms with van der Waals surface area (Å²) in [7, 11) is 0. The average molecular weight is 966 g/mol. The molecule has 0 unspecified atom stereocenters. The van der Waals surface area contributed by atoms with Gasteiger partial charge in [-0.05, 0) is 48.7 Å². The third-order valence-corrected chi connectivity index (χ3v) is 12.7. The highest BCUT2D eigenvalue weighted by Gasteiger charge is 2.56. The van der Waals surface area contributed by atoms with Crippen LogP contribution in [0.5, 0.6) is 0 Å². The van der Waals surface area contributed by atoms with Gasteiger partial charge in [-0.15, -0.1) is 0 Å². The Kier molecular flexibility index (Phi) is 23.7. The molecule has 2 saturated heterocycles. The van der Waals surface area contributed by atoms with E-state index in [2.05, 4.69) is 16.0 Å². The number of thioether (sulfide) groups is 2. The van der Waals surface area contributed by atoms with Crippen molar-refractivity contribution in [1.82, 2.24) is 16.0 Å². The van der Waals surface area contributed by atoms with E-state index in [4.69, 9.17) is 18.9 Å². The van der Waals surface area contributed by atoms with E-state index in [-0.39, 0.29) is 37.7 Å². The van der Waals surface area contributed by atoms with E-state index in [1.807, 2.05) is 0 Å². The van der Waals surface area contributed by atoms with Gasteiger partial charge in [-0.3, -0.25) is 24.0 Å². The molecule has 24 heteroatoms. The third-order valence-electron chi connectivity index (χ3n) is 10.5. The fraction of sp³-hybridized carbons (Fsp3) is 0.707. The highest BCUT2D eigenvalue weighted by atomic mass is 32.2. The zero-order valence-corrected chi connectivity index (χ0v) is 37.8. The molecular weight excluding hydrogens is 903 g/mol. The molecule has 12 atom stereocenters. The Morgan fingerprint density at radius 3 is 1.77 bits per heavy atom. The van der Waals surface area contributed by atoms with Gasteiger partial charge in [-0.2, -0.15) is 23.5 Å². The molecule has 3 amide bonds. The van der Waals surface area contributed by atoms with E-state index in [9.17, 15) is 74.7 Å². The number of hydrogen-bond donors (Lipinski definition) is 12. The fourth-order valence-corrected chi connectivity index (χ4v) is 8.77. The van der Waals surface area contributed by atoms with Crippen LogP contribution < -0.4 is 16.0 Å². The minimum Gasteiger partial charge on any atom is -0.477 e. The van der Waals surface area contributed by atoms with Gasteiger partial charge in [-0.1, -0.05) is 12.1 Å². The smallest absolute Gasteiger partial charge is 0.364 e. The second kappa shape index (κ2) is 27.5. The lowest BCUT2D eigenvalue weighted by molar-refractivity contribution is -0.311. The molecule has 1 aromatic rings. The minimum atomic E-state index is -2.40. The van der Waals surface area contributed by atoms with Crippen LogP contribution in [-0.2, 0) is 38.1 Å². The Morgan fingerprint density at radius 1 is 0.754 bits per heavy atom. The Morgan fingerprint density at radius 2 is 1.25 bits per heavy atom. The van der Waals surface area contributed by atoms with Gasteiger partial charge in [0, 0.05) is 56.5 Å². The van der Waals surface area contributed by atoms with Crippen molar-refractivity contribution in [2.75, 3.05) is 56.0 Å². The molecule has 3 rings (SSSR count). The molecule has 0 aliphatic carbocycles. The number of hydrogen-bond acceptors (Lipinski definition) is 20. The Hall–Kier alpha value is -3.34. The van der Waals surface area contributed by atoms with E-state index in [1.54, 1.807) is 24.3 Å². The first-order valence-corrected chi connectivity index (χ1v) is 23.4. The molecule has 12 N–H and O–H groups in total. The van der Waals surface area contributed by atoms with Gasteiger partial charge in [0.2, 0.25) is 17.6 Å². The maximum Gasteiger partial charge on any atom is 0.364 e. The van der Waals surface area contributed by atoms with Gasteiger partial charge in [0.05, 0.1) is 50.7 Å². The number of rotatable bonds is 29. The SMILES string of the molecule is CC(=O)N[C@H]1[C@H]([C@H](O)[C@H](O)CO)O[C@](C=O)(OCCCSCCNC(=O)c2ccc(C(=O)CCCSCCCO[C@]3(C(=O)O)C[C@H](O)[C@@H](NC(C)=O)[C@H]([C@H](O)[C@H](O)CO)O3)cc2)C[C@@H]1O. The molecule has 0 bridgehead atoms. The number of carbonyl (C=O) groups is 6. The normalized spacial score (nSPS) is 27.4. The molecule has 2 aliphatic rings. The summed E-state index contributed by atoms with van der Waals surface area (Å²) in [5.74, 6) is -5.34. The zero-order chi connectivity index (χ0) is 48.3. The molecule has 65 heavy (non-hydrogen) atoms. The van der Waals surface area contributed by atoms with Crippen LogP contribution in [0.3, 0.4) is 0 Å². The first kappa shape index (κ1) is 56.0. The van der Waals surface area contributed by atoms with Gasteiger partial charge in [0.1, 0.15) is 36.6 Å². The van der Waals surface area contributed by atoms with Crippen LogP contribution in [0.4, 0.5) is 0 Å². The summed E-state index contributed by atoms with van der Waals surface area (Å²) in [6.45, 7) is 0.817. The van der Waals surface area contributed by atoms with Crippen molar-refractivity contribution in [2.45, 2.75) is 125 Å². The quantitative estimate of drug-likeness (QED) is 0.0217. The maximum atomic E-state index is 12.8. The number of aliphatic hydroxyl groups is 8. The largest absolute Gasteiger partial charge is 0.477 e. The first-order valence-electron chi connectivity index (χ1n) is 21.1. The zero-order valence-electron chi connectivity index (χ0n) is 36.2. The van der Waals surface area contributed by atoms with Crippen molar-refractivity contribution in [3.8, 4) is 0 Å². The van der Waals surface area contributed by atoms with Crippen molar-refractivity contribution in [2.24, 2.45) is 0 Å². The number of carbonyl (C=O) groups excluding carboxylic acids is 5. The Labute approximate surface area is 384 Å². The molecule has 2 aliphatic heterocycles. The summed E-state index contributed by atoms with van der Waals surface area (Å²) >= 11 is 2.99. The third kappa shape index (κ3) is 16.7. The predicted molar refractivity (Wildman–Crippen MR) is 232 cm³/mol. The fourth-order valence-electron chi connectivity index (χ4n) is 7.12. The maximum absolute atomic E-state index is 12.8. The molecular formula is C41H63N3O19S2. The van der Waals surface area contributed by atoms with Crippen LogP contribution in [0.2, 0.25) is 0 Å². The monoisotopic (exact) mass is 965 g/mol. The van der Waals surface area contributed by atoms with Crippen LogP contribution in [0.1, 0.15) is 73.1 Å². The first-order chi connectivity index (χ1) is 30.8. The number of Topliss-reactive ketones (excluding diaryl/α,β-unsaturated/α-hetero) is 1. The number of benzene rings is 1. The lowest BCUT2D eigenvalue weighted by Gasteiger charge is -2.46. The predicted octanol–water partition coefficient (Wildman–Crippen LogP) is -2.93. The van der Waals surface area contributed by atoms with Crippen LogP contribution in [-0.4, -0.2) is 210 Å². The summed E-state index contributed by atoms with van der Waals surface area (Å²) in [6, 6.07) is 3.77. The Bertz CT molecular complexity index is 1700. The van der Waals surface area contributed by atoms with E-state index in [0.717, 1.165) is 6.92 Å². The molecule has 0 saturated carbocycles. The number of ketones is 1. The summed E-state index contributed by atoms with van der Waals surface area (Å²) in [4.78, 5) is 73.2. The standard InChI is InChI=1S/C41H63N3O19S2/c1-23(48)43-32-28(51)18-40(22-47,62-36(32)34(55)30(53)20-45)60-12-4-16-65-17-11-42-38(57)26-9-7-25(8-10-26)27(50)6-3-14-64-15-5-13-61-41(39(58)59)19-29(52)33(44-24(2)49)37(63-41)35(56)31(54)21-46/h7-10,22,28-37,45-46,51-56H,3-6,11-21H2,1-2H3,(H,42,57)(H,43,48)(H,44,49)(H,58,59)/t28-,29-,30+,31+,32+,33+,34+,35+,36+,37+,40+,41+/m0/s1. The number of aliphatic carboxylic acids is 1. The highest BCUT2D eigenvalue weighted by molar-refractivity contribution is 7.99. The number of ether oxygens (including phenoxy) is 4. The number of carboxylic acid groups (broad SMARTS) is 1. The molecule has 2 heterocycles. The van der Waals surface area contributed by atoms with Gasteiger partial charge in [0.25, 0.3) is 11.7 Å². The van der Waals surface area contributed by atoms with E-state index in [0.29, 0.717) is 66.2 Å². The van der Waals surface area contributed by atoms with E-state index in [1.165, 1.54) is 30.4 Å². The van der Waals surface area contributed by atoms with Crippen molar-refractivity contribution in [3.05, 3.63) is 35.4 Å². The molecule has 2 fully saturated rings. The second-order valence-corrected chi connectivity index (χ2v) is 18.1. The summed E-state index contributed by atoms with van der Waals surface area (Å²) < 4.78 is 22.6. The second-order valence-electron chi connectivity index (χ2n) is 15.6. The molecule has 0 aromatic heterocycles. The number of amides is 3. The number of aldehydes is 1. The van der Waals surface area contributed by atoms with Gasteiger partial charge < -0.3 is 80.9 Å². The highest BCUT2D eigenvalue weighted by Crippen LogP contribution is 2.35. The van der Waals surface area contributed by atoms with Gasteiger partial charge in [0.15, 0.2) is 12.1 Å². The lowest BCUT2D eigenvalue weighted by Crippen LogP contribution is -2.67. The number of aliphatic hydroxyl groups excluding tert-OH is 8. The van der Waals surface area contributed by atoms with Crippen molar-refractivity contribution >= 4 is 59.3 Å². The molecule has 1 aromatic carbocycles. The van der Waals surface area contributed by atoms with E-state index >= 15 is 0 Å². The van der Waals surface area contributed by atoms with Crippen LogP contribution in [0, 0.1) is 0 Å². The minimum absolute atomic E-state index is 0.0151. The lowest BCUT2D eigenvalue weighted by atomic mass is 9.88. The topological polar surface area (TPSA) is 358 Å².